The van der Waals surface area contributed by atoms with Crippen molar-refractivity contribution in [3.05, 3.63) is 5.89 Å². The zero-order chi connectivity index (χ0) is 11.6. The van der Waals surface area contributed by atoms with Gasteiger partial charge in [0.25, 0.3) is 0 Å². The Balaban J connectivity index is 1.45. The molecule has 92 valence electrons. The van der Waals surface area contributed by atoms with Gasteiger partial charge in [-0.1, -0.05) is 5.10 Å². The third-order valence-corrected chi connectivity index (χ3v) is 4.86. The van der Waals surface area contributed by atoms with Crippen molar-refractivity contribution in [2.24, 2.45) is 29.4 Å². The molecule has 4 rings (SSSR count). The Hall–Kier alpha value is -1.10. The van der Waals surface area contributed by atoms with Crippen LogP contribution in [0.1, 0.15) is 38.1 Å². The summed E-state index contributed by atoms with van der Waals surface area (Å²) in [7, 11) is 0. The monoisotopic (exact) mass is 234 g/mol. The summed E-state index contributed by atoms with van der Waals surface area (Å²) in [6, 6.07) is 0.951. The highest BCUT2D eigenvalue weighted by molar-refractivity contribution is 5.31. The van der Waals surface area contributed by atoms with Crippen LogP contribution in [0.4, 0.5) is 6.01 Å². The molecule has 1 aromatic rings. The second-order valence-electron chi connectivity index (χ2n) is 5.89. The average molecular weight is 234 g/mol. The number of hydrogen-bond acceptors (Lipinski definition) is 5. The fraction of sp³-hybridized carbons (Fsp3) is 0.833. The Bertz CT molecular complexity index is 427. The summed E-state index contributed by atoms with van der Waals surface area (Å²) in [6.07, 6.45) is 4.32. The van der Waals surface area contributed by atoms with Gasteiger partial charge >= 0.3 is 6.01 Å². The van der Waals surface area contributed by atoms with Crippen LogP contribution in [0.5, 0.6) is 0 Å². The topological polar surface area (TPSA) is 77.0 Å². The number of fused-ring (bicyclic) bond motifs is 5. The van der Waals surface area contributed by atoms with Crippen molar-refractivity contribution in [1.82, 2.24) is 10.2 Å². The van der Waals surface area contributed by atoms with Gasteiger partial charge < -0.3 is 15.5 Å². The second kappa shape index (κ2) is 3.22. The molecule has 3 saturated carbocycles. The molecule has 5 atom stereocenters. The zero-order valence-electron chi connectivity index (χ0n) is 9.97. The fourth-order valence-corrected chi connectivity index (χ4v) is 4.14. The highest BCUT2D eigenvalue weighted by Gasteiger charge is 2.65. The molecule has 0 amide bonds. The van der Waals surface area contributed by atoms with Crippen molar-refractivity contribution in [2.45, 2.75) is 38.3 Å². The van der Waals surface area contributed by atoms with E-state index in [1.807, 2.05) is 6.92 Å². The third-order valence-electron chi connectivity index (χ3n) is 4.86. The molecule has 1 heterocycles. The Labute approximate surface area is 100 Å². The maximum Gasteiger partial charge on any atom is 0.315 e. The van der Waals surface area contributed by atoms with E-state index in [-0.39, 0.29) is 6.04 Å². The molecule has 2 bridgehead atoms. The molecular weight excluding hydrogens is 216 g/mol. The molecule has 3 aliphatic rings. The molecule has 1 aromatic heterocycles. The van der Waals surface area contributed by atoms with Crippen molar-refractivity contribution in [3.63, 3.8) is 0 Å². The zero-order valence-corrected chi connectivity index (χ0v) is 9.97. The van der Waals surface area contributed by atoms with Gasteiger partial charge in [-0.15, -0.1) is 5.10 Å². The fourth-order valence-electron chi connectivity index (χ4n) is 4.14. The van der Waals surface area contributed by atoms with E-state index >= 15 is 0 Å². The average Bonchev–Trinajstić information content (AvgIpc) is 2.76. The van der Waals surface area contributed by atoms with E-state index in [0.29, 0.717) is 17.9 Å². The van der Waals surface area contributed by atoms with Crippen LogP contribution in [0.15, 0.2) is 4.42 Å². The van der Waals surface area contributed by atoms with E-state index in [1.165, 1.54) is 19.3 Å². The molecule has 3 fully saturated rings. The number of aromatic nitrogens is 2. The number of hydrogen-bond donors (Lipinski definition) is 2. The van der Waals surface area contributed by atoms with Crippen LogP contribution < -0.4 is 11.1 Å². The lowest BCUT2D eigenvalue weighted by atomic mass is 10.0. The summed E-state index contributed by atoms with van der Waals surface area (Å²) in [5.41, 5.74) is 5.70. The smallest absolute Gasteiger partial charge is 0.315 e. The molecule has 3 N–H and O–H groups in total. The molecule has 17 heavy (non-hydrogen) atoms. The van der Waals surface area contributed by atoms with E-state index in [9.17, 15) is 0 Å². The minimum Gasteiger partial charge on any atom is -0.406 e. The Morgan fingerprint density at radius 3 is 2.59 bits per heavy atom. The Morgan fingerprint density at radius 1 is 1.29 bits per heavy atom. The first-order valence-electron chi connectivity index (χ1n) is 6.59. The Morgan fingerprint density at radius 2 is 2.00 bits per heavy atom. The summed E-state index contributed by atoms with van der Waals surface area (Å²) in [6.45, 7) is 1.85. The molecule has 5 heteroatoms. The maximum atomic E-state index is 5.70. The molecular formula is C12H18N4O. The summed E-state index contributed by atoms with van der Waals surface area (Å²) < 4.78 is 5.49. The minimum absolute atomic E-state index is 0.187. The number of nitrogens with two attached hydrogens (primary N) is 1. The second-order valence-corrected chi connectivity index (χ2v) is 5.89. The van der Waals surface area contributed by atoms with Gasteiger partial charge in [0, 0.05) is 6.04 Å². The number of nitrogens with one attached hydrogen (secondary N) is 1. The molecule has 0 radical (unpaired) electrons. The van der Waals surface area contributed by atoms with Crippen molar-refractivity contribution in [1.29, 1.82) is 0 Å². The third kappa shape index (κ3) is 1.35. The van der Waals surface area contributed by atoms with E-state index in [0.717, 1.165) is 23.7 Å². The molecule has 5 nitrogen and oxygen atoms in total. The molecule has 3 aliphatic carbocycles. The largest absolute Gasteiger partial charge is 0.406 e. The van der Waals surface area contributed by atoms with E-state index in [1.54, 1.807) is 0 Å². The maximum absolute atomic E-state index is 5.70. The van der Waals surface area contributed by atoms with Crippen molar-refractivity contribution in [2.75, 3.05) is 5.32 Å². The number of rotatable bonds is 3. The first-order valence-corrected chi connectivity index (χ1v) is 6.59. The van der Waals surface area contributed by atoms with Gasteiger partial charge in [-0.2, -0.15) is 0 Å². The van der Waals surface area contributed by atoms with Gasteiger partial charge in [0.1, 0.15) is 0 Å². The summed E-state index contributed by atoms with van der Waals surface area (Å²) in [5, 5.41) is 11.3. The highest BCUT2D eigenvalue weighted by atomic mass is 16.4. The van der Waals surface area contributed by atoms with Gasteiger partial charge in [-0.25, -0.2) is 0 Å². The van der Waals surface area contributed by atoms with Crippen LogP contribution >= 0.6 is 0 Å². The molecule has 0 aromatic carbocycles. The standard InChI is InChI=1S/C12H18N4O/c1-5(13)11-15-16-12(17-11)14-10-8-6-2-3-7(4-6)9(8)10/h5-10H,2-4,13H2,1H3,(H,14,16). The van der Waals surface area contributed by atoms with Crippen LogP contribution in [0, 0.1) is 23.7 Å². The lowest BCUT2D eigenvalue weighted by molar-refractivity contribution is 0.456. The highest BCUT2D eigenvalue weighted by Crippen LogP contribution is 2.66. The van der Waals surface area contributed by atoms with E-state index in [4.69, 9.17) is 10.2 Å². The summed E-state index contributed by atoms with van der Waals surface area (Å²) >= 11 is 0. The number of nitrogens with zero attached hydrogens (tertiary/aromatic N) is 2. The molecule has 5 unspecified atom stereocenters. The number of anilines is 1. The quantitative estimate of drug-likeness (QED) is 0.829. The van der Waals surface area contributed by atoms with Crippen molar-refractivity contribution >= 4 is 6.01 Å². The predicted octanol–water partition coefficient (Wildman–Crippen LogP) is 1.55. The van der Waals surface area contributed by atoms with Crippen LogP contribution in [-0.2, 0) is 0 Å². The normalized spacial score (nSPS) is 43.5. The van der Waals surface area contributed by atoms with Gasteiger partial charge in [0.05, 0.1) is 6.04 Å². The molecule has 0 saturated heterocycles. The summed E-state index contributed by atoms with van der Waals surface area (Å²) in [4.78, 5) is 0. The van der Waals surface area contributed by atoms with Crippen molar-refractivity contribution in [3.8, 4) is 0 Å². The van der Waals surface area contributed by atoms with Gasteiger partial charge in [-0.05, 0) is 49.9 Å². The van der Waals surface area contributed by atoms with E-state index in [2.05, 4.69) is 15.5 Å². The van der Waals surface area contributed by atoms with Crippen molar-refractivity contribution < 1.29 is 4.42 Å². The minimum atomic E-state index is -0.187. The summed E-state index contributed by atoms with van der Waals surface area (Å²) in [5.74, 6) is 4.18. The predicted molar refractivity (Wildman–Crippen MR) is 62.1 cm³/mol. The molecule has 0 spiro atoms. The Kier molecular flexibility index (Phi) is 1.87. The lowest BCUT2D eigenvalue weighted by Crippen LogP contribution is -2.12. The first-order chi connectivity index (χ1) is 8.24. The lowest BCUT2D eigenvalue weighted by Gasteiger charge is -2.08. The SMILES string of the molecule is CC(N)c1nnc(NC2C3C4CCC(C4)C23)o1. The van der Waals surface area contributed by atoms with Gasteiger partial charge in [0.15, 0.2) is 0 Å². The van der Waals surface area contributed by atoms with E-state index < -0.39 is 0 Å². The van der Waals surface area contributed by atoms with Gasteiger partial charge in [-0.3, -0.25) is 0 Å². The first kappa shape index (κ1) is 9.88. The van der Waals surface area contributed by atoms with Crippen LogP contribution in [0.2, 0.25) is 0 Å². The van der Waals surface area contributed by atoms with Crippen LogP contribution in [-0.4, -0.2) is 16.2 Å². The van der Waals surface area contributed by atoms with Gasteiger partial charge in [0.2, 0.25) is 5.89 Å². The van der Waals surface area contributed by atoms with Crippen LogP contribution in [0.25, 0.3) is 0 Å². The molecule has 0 aliphatic heterocycles. The van der Waals surface area contributed by atoms with Crippen LogP contribution in [0.3, 0.4) is 0 Å².